The Kier molecular flexibility index (Phi) is 3.53. The van der Waals surface area contributed by atoms with Crippen LogP contribution < -0.4 is 4.90 Å². The number of aliphatic hydroxyl groups is 1. The molecule has 1 fully saturated rings. The molecule has 1 aromatic rings. The minimum absolute atomic E-state index is 0.0667. The zero-order valence-electron chi connectivity index (χ0n) is 10.9. The van der Waals surface area contributed by atoms with E-state index in [9.17, 15) is 9.90 Å². The fourth-order valence-corrected chi connectivity index (χ4v) is 2.94. The third kappa shape index (κ3) is 2.38. The maximum absolute atomic E-state index is 12.6. The zero-order chi connectivity index (χ0) is 13.2. The van der Waals surface area contributed by atoms with Crippen molar-refractivity contribution in [2.45, 2.75) is 25.4 Å². The number of benzene rings is 1. The van der Waals surface area contributed by atoms with E-state index in [1.54, 1.807) is 0 Å². The Bertz CT molecular complexity index is 468. The summed E-state index contributed by atoms with van der Waals surface area (Å²) >= 11 is 0. The highest BCUT2D eigenvalue weighted by molar-refractivity contribution is 5.96. The molecule has 4 nitrogen and oxygen atoms in total. The molecule has 1 atom stereocenters. The van der Waals surface area contributed by atoms with Gasteiger partial charge in [-0.25, -0.2) is 0 Å². The van der Waals surface area contributed by atoms with Crippen molar-refractivity contribution in [1.82, 2.24) is 0 Å². The average Bonchev–Trinajstić information content (AvgIpc) is 2.48. The summed E-state index contributed by atoms with van der Waals surface area (Å²) in [6.45, 7) is 1.96. The van der Waals surface area contributed by atoms with Crippen LogP contribution in [0.3, 0.4) is 0 Å². The van der Waals surface area contributed by atoms with Gasteiger partial charge in [-0.15, -0.1) is 0 Å². The molecule has 0 saturated carbocycles. The number of hydrogen-bond donors (Lipinski definition) is 1. The first-order valence-corrected chi connectivity index (χ1v) is 6.93. The number of ether oxygens (including phenoxy) is 1. The van der Waals surface area contributed by atoms with Crippen LogP contribution in [0.5, 0.6) is 0 Å². The van der Waals surface area contributed by atoms with Gasteiger partial charge < -0.3 is 14.7 Å². The highest BCUT2D eigenvalue weighted by Crippen LogP contribution is 2.35. The van der Waals surface area contributed by atoms with Crippen LogP contribution in [0.15, 0.2) is 24.3 Å². The molecule has 2 heterocycles. The van der Waals surface area contributed by atoms with E-state index >= 15 is 0 Å². The number of fused-ring (bicyclic) bond motifs is 1. The second kappa shape index (κ2) is 5.31. The minimum Gasteiger partial charge on any atom is -0.388 e. The van der Waals surface area contributed by atoms with Crippen molar-refractivity contribution in [3.05, 3.63) is 29.8 Å². The SMILES string of the molecule is O=C(C1CCOCC1)N1CCC(O)c2ccccc21. The van der Waals surface area contributed by atoms with Crippen molar-refractivity contribution >= 4 is 11.6 Å². The predicted octanol–water partition coefficient (Wildman–Crippen LogP) is 1.88. The number of carbonyl (C=O) groups is 1. The van der Waals surface area contributed by atoms with E-state index in [0.717, 1.165) is 24.1 Å². The van der Waals surface area contributed by atoms with Crippen molar-refractivity contribution in [3.8, 4) is 0 Å². The normalized spacial score (nSPS) is 24.1. The molecule has 0 bridgehead atoms. The Hall–Kier alpha value is -1.39. The van der Waals surface area contributed by atoms with Gasteiger partial charge in [0.25, 0.3) is 0 Å². The Morgan fingerprint density at radius 2 is 1.95 bits per heavy atom. The number of nitrogens with zero attached hydrogens (tertiary/aromatic N) is 1. The molecule has 1 N–H and O–H groups in total. The van der Waals surface area contributed by atoms with Crippen molar-refractivity contribution < 1.29 is 14.6 Å². The number of hydrogen-bond acceptors (Lipinski definition) is 3. The molecule has 0 radical (unpaired) electrons. The molecule has 3 rings (SSSR count). The van der Waals surface area contributed by atoms with Crippen LogP contribution in [0.2, 0.25) is 0 Å². The Morgan fingerprint density at radius 3 is 2.74 bits per heavy atom. The summed E-state index contributed by atoms with van der Waals surface area (Å²) in [5, 5.41) is 10.0. The molecule has 102 valence electrons. The highest BCUT2D eigenvalue weighted by Gasteiger charge is 2.32. The van der Waals surface area contributed by atoms with Crippen LogP contribution in [0.25, 0.3) is 0 Å². The number of rotatable bonds is 1. The largest absolute Gasteiger partial charge is 0.388 e. The van der Waals surface area contributed by atoms with E-state index in [4.69, 9.17) is 4.74 Å². The van der Waals surface area contributed by atoms with Crippen molar-refractivity contribution in [3.63, 3.8) is 0 Å². The molecule has 2 aliphatic heterocycles. The van der Waals surface area contributed by atoms with Gasteiger partial charge in [-0.2, -0.15) is 0 Å². The van der Waals surface area contributed by atoms with E-state index < -0.39 is 6.10 Å². The van der Waals surface area contributed by atoms with Gasteiger partial charge >= 0.3 is 0 Å². The molecule has 19 heavy (non-hydrogen) atoms. The fraction of sp³-hybridized carbons (Fsp3) is 0.533. The molecule has 2 aliphatic rings. The van der Waals surface area contributed by atoms with E-state index in [-0.39, 0.29) is 11.8 Å². The van der Waals surface area contributed by atoms with Crippen molar-refractivity contribution in [2.24, 2.45) is 5.92 Å². The second-order valence-corrected chi connectivity index (χ2v) is 5.24. The second-order valence-electron chi connectivity index (χ2n) is 5.24. The molecule has 0 aromatic heterocycles. The standard InChI is InChI=1S/C15H19NO3/c17-14-5-8-16(13-4-2-1-3-12(13)14)15(18)11-6-9-19-10-7-11/h1-4,11,14,17H,5-10H2. The number of carbonyl (C=O) groups excluding carboxylic acids is 1. The molecule has 1 aromatic carbocycles. The quantitative estimate of drug-likeness (QED) is 0.839. The fourth-order valence-electron chi connectivity index (χ4n) is 2.94. The third-order valence-electron chi connectivity index (χ3n) is 4.05. The lowest BCUT2D eigenvalue weighted by Crippen LogP contribution is -2.42. The van der Waals surface area contributed by atoms with Gasteiger partial charge in [-0.3, -0.25) is 4.79 Å². The molecule has 1 amide bonds. The summed E-state index contributed by atoms with van der Waals surface area (Å²) in [6, 6.07) is 7.66. The summed E-state index contributed by atoms with van der Waals surface area (Å²) in [5.41, 5.74) is 1.74. The number of amides is 1. The first kappa shape index (κ1) is 12.6. The molecule has 1 saturated heterocycles. The number of anilines is 1. The summed E-state index contributed by atoms with van der Waals surface area (Å²) in [4.78, 5) is 14.5. The maximum atomic E-state index is 12.6. The van der Waals surface area contributed by atoms with E-state index in [0.29, 0.717) is 26.2 Å². The molecule has 1 unspecified atom stereocenters. The van der Waals surface area contributed by atoms with Crippen LogP contribution in [0, 0.1) is 5.92 Å². The summed E-state index contributed by atoms with van der Waals surface area (Å²) in [5.74, 6) is 0.250. The van der Waals surface area contributed by atoms with Gasteiger partial charge in [0.05, 0.1) is 6.10 Å². The van der Waals surface area contributed by atoms with E-state index in [1.165, 1.54) is 0 Å². The Morgan fingerprint density at radius 1 is 1.21 bits per heavy atom. The lowest BCUT2D eigenvalue weighted by Gasteiger charge is -2.35. The van der Waals surface area contributed by atoms with Crippen molar-refractivity contribution in [2.75, 3.05) is 24.7 Å². The molecule has 0 spiro atoms. The lowest BCUT2D eigenvalue weighted by molar-refractivity contribution is -0.125. The van der Waals surface area contributed by atoms with E-state index in [2.05, 4.69) is 0 Å². The minimum atomic E-state index is -0.449. The molecular weight excluding hydrogens is 242 g/mol. The van der Waals surface area contributed by atoms with Gasteiger partial charge in [-0.05, 0) is 25.3 Å². The molecule has 4 heteroatoms. The molecule has 0 aliphatic carbocycles. The van der Waals surface area contributed by atoms with Crippen LogP contribution in [0.1, 0.15) is 30.9 Å². The first-order valence-electron chi connectivity index (χ1n) is 6.93. The summed E-state index contributed by atoms with van der Waals surface area (Å²) in [7, 11) is 0. The van der Waals surface area contributed by atoms with Crippen molar-refractivity contribution in [1.29, 1.82) is 0 Å². The zero-order valence-corrected chi connectivity index (χ0v) is 10.9. The van der Waals surface area contributed by atoms with Crippen LogP contribution in [-0.2, 0) is 9.53 Å². The Labute approximate surface area is 113 Å². The lowest BCUT2D eigenvalue weighted by atomic mass is 9.94. The number of para-hydroxylation sites is 1. The van der Waals surface area contributed by atoms with Gasteiger partial charge in [-0.1, -0.05) is 18.2 Å². The molecular formula is C15H19NO3. The number of aliphatic hydroxyl groups excluding tert-OH is 1. The maximum Gasteiger partial charge on any atom is 0.230 e. The van der Waals surface area contributed by atoms with Gasteiger partial charge in [0.1, 0.15) is 0 Å². The smallest absolute Gasteiger partial charge is 0.230 e. The van der Waals surface area contributed by atoms with Crippen LogP contribution in [-0.4, -0.2) is 30.8 Å². The first-order chi connectivity index (χ1) is 9.27. The predicted molar refractivity (Wildman–Crippen MR) is 71.9 cm³/mol. The summed E-state index contributed by atoms with van der Waals surface area (Å²) in [6.07, 6.45) is 1.78. The van der Waals surface area contributed by atoms with Crippen LogP contribution in [0.4, 0.5) is 5.69 Å². The monoisotopic (exact) mass is 261 g/mol. The van der Waals surface area contributed by atoms with Crippen LogP contribution >= 0.6 is 0 Å². The average molecular weight is 261 g/mol. The highest BCUT2D eigenvalue weighted by atomic mass is 16.5. The van der Waals surface area contributed by atoms with E-state index in [1.807, 2.05) is 29.2 Å². The van der Waals surface area contributed by atoms with Gasteiger partial charge in [0, 0.05) is 36.9 Å². The summed E-state index contributed by atoms with van der Waals surface area (Å²) < 4.78 is 5.31. The third-order valence-corrected chi connectivity index (χ3v) is 4.05. The van der Waals surface area contributed by atoms with Gasteiger partial charge in [0.2, 0.25) is 5.91 Å². The topological polar surface area (TPSA) is 49.8 Å². The Balaban J connectivity index is 1.85. The van der Waals surface area contributed by atoms with Gasteiger partial charge in [0.15, 0.2) is 0 Å².